The van der Waals surface area contributed by atoms with Gasteiger partial charge < -0.3 is 4.74 Å². The number of benzene rings is 1. The SMILES string of the molecule is CCCN(CCC)CC(=O)Oc1c(C)cccc1C. The number of aryl methyl sites for hydroxylation is 2. The highest BCUT2D eigenvalue weighted by molar-refractivity contribution is 5.75. The molecular formula is C16H25NO2. The molecule has 1 aromatic carbocycles. The van der Waals surface area contributed by atoms with E-state index in [0.29, 0.717) is 12.3 Å². The fraction of sp³-hybridized carbons (Fsp3) is 0.562. The number of rotatable bonds is 7. The van der Waals surface area contributed by atoms with E-state index in [-0.39, 0.29) is 5.97 Å². The second-order valence-corrected chi connectivity index (χ2v) is 4.97. The molecule has 0 N–H and O–H groups in total. The zero-order valence-electron chi connectivity index (χ0n) is 12.5. The van der Waals surface area contributed by atoms with Crippen LogP contribution in [-0.2, 0) is 4.79 Å². The van der Waals surface area contributed by atoms with Crippen molar-refractivity contribution in [1.82, 2.24) is 4.90 Å². The summed E-state index contributed by atoms with van der Waals surface area (Å²) in [6, 6.07) is 5.90. The van der Waals surface area contributed by atoms with Crippen LogP contribution in [0.25, 0.3) is 0 Å². The van der Waals surface area contributed by atoms with E-state index in [1.54, 1.807) is 0 Å². The monoisotopic (exact) mass is 263 g/mol. The summed E-state index contributed by atoms with van der Waals surface area (Å²) in [5.74, 6) is 0.541. The lowest BCUT2D eigenvalue weighted by Gasteiger charge is -2.20. The number of ether oxygens (including phenoxy) is 1. The van der Waals surface area contributed by atoms with Gasteiger partial charge in [-0.1, -0.05) is 32.0 Å². The van der Waals surface area contributed by atoms with Crippen molar-refractivity contribution >= 4 is 5.97 Å². The first-order chi connectivity index (χ1) is 9.08. The fourth-order valence-electron chi connectivity index (χ4n) is 2.19. The van der Waals surface area contributed by atoms with E-state index < -0.39 is 0 Å². The first kappa shape index (κ1) is 15.7. The zero-order valence-corrected chi connectivity index (χ0v) is 12.5. The number of carbonyl (C=O) groups excluding carboxylic acids is 1. The Bertz CT molecular complexity index is 389. The largest absolute Gasteiger partial charge is 0.425 e. The quantitative estimate of drug-likeness (QED) is 0.558. The average molecular weight is 263 g/mol. The maximum absolute atomic E-state index is 12.0. The topological polar surface area (TPSA) is 29.5 Å². The van der Waals surface area contributed by atoms with E-state index in [0.717, 1.165) is 37.1 Å². The van der Waals surface area contributed by atoms with Gasteiger partial charge in [0.15, 0.2) is 0 Å². The molecule has 19 heavy (non-hydrogen) atoms. The lowest BCUT2D eigenvalue weighted by atomic mass is 10.1. The molecule has 0 atom stereocenters. The van der Waals surface area contributed by atoms with Gasteiger partial charge in [-0.05, 0) is 50.9 Å². The Morgan fingerprint density at radius 2 is 1.63 bits per heavy atom. The van der Waals surface area contributed by atoms with Crippen molar-refractivity contribution in [3.8, 4) is 5.75 Å². The third-order valence-electron chi connectivity index (χ3n) is 3.06. The maximum atomic E-state index is 12.0. The average Bonchev–Trinajstić information content (AvgIpc) is 2.35. The molecule has 106 valence electrons. The van der Waals surface area contributed by atoms with Gasteiger partial charge in [-0.2, -0.15) is 0 Å². The summed E-state index contributed by atoms with van der Waals surface area (Å²) in [5, 5.41) is 0. The Labute approximate surface area is 116 Å². The molecule has 3 nitrogen and oxygen atoms in total. The van der Waals surface area contributed by atoms with Crippen molar-refractivity contribution in [2.45, 2.75) is 40.5 Å². The summed E-state index contributed by atoms with van der Waals surface area (Å²) >= 11 is 0. The Morgan fingerprint density at radius 3 is 2.11 bits per heavy atom. The van der Waals surface area contributed by atoms with Crippen molar-refractivity contribution in [1.29, 1.82) is 0 Å². The Kier molecular flexibility index (Phi) is 6.57. The number of carbonyl (C=O) groups is 1. The molecular weight excluding hydrogens is 238 g/mol. The lowest BCUT2D eigenvalue weighted by molar-refractivity contribution is -0.135. The molecule has 0 spiro atoms. The Morgan fingerprint density at radius 1 is 1.11 bits per heavy atom. The normalized spacial score (nSPS) is 10.8. The summed E-state index contributed by atoms with van der Waals surface area (Å²) in [5.41, 5.74) is 2.01. The molecule has 0 aliphatic heterocycles. The Balaban J connectivity index is 2.63. The van der Waals surface area contributed by atoms with Gasteiger partial charge in [-0.15, -0.1) is 0 Å². The second kappa shape index (κ2) is 7.95. The molecule has 0 aromatic heterocycles. The fourth-order valence-corrected chi connectivity index (χ4v) is 2.19. The van der Waals surface area contributed by atoms with Gasteiger partial charge in [0, 0.05) is 0 Å². The minimum atomic E-state index is -0.167. The number of hydrogen-bond donors (Lipinski definition) is 0. The van der Waals surface area contributed by atoms with Crippen LogP contribution >= 0.6 is 0 Å². The molecule has 0 aliphatic rings. The predicted molar refractivity (Wildman–Crippen MR) is 78.6 cm³/mol. The van der Waals surface area contributed by atoms with E-state index in [2.05, 4.69) is 18.7 Å². The van der Waals surface area contributed by atoms with Gasteiger partial charge >= 0.3 is 5.97 Å². The predicted octanol–water partition coefficient (Wildman–Crippen LogP) is 3.33. The van der Waals surface area contributed by atoms with Gasteiger partial charge in [0.2, 0.25) is 0 Å². The van der Waals surface area contributed by atoms with Crippen molar-refractivity contribution < 1.29 is 9.53 Å². The first-order valence-corrected chi connectivity index (χ1v) is 7.07. The van der Waals surface area contributed by atoms with E-state index in [4.69, 9.17) is 4.74 Å². The summed E-state index contributed by atoms with van der Waals surface area (Å²) in [6.07, 6.45) is 2.10. The van der Waals surface area contributed by atoms with Crippen LogP contribution in [0.15, 0.2) is 18.2 Å². The number of hydrogen-bond acceptors (Lipinski definition) is 3. The third-order valence-corrected chi connectivity index (χ3v) is 3.06. The molecule has 0 unspecified atom stereocenters. The minimum Gasteiger partial charge on any atom is -0.425 e. The molecule has 0 bridgehead atoms. The number of nitrogens with zero attached hydrogens (tertiary/aromatic N) is 1. The molecule has 0 aliphatic carbocycles. The maximum Gasteiger partial charge on any atom is 0.325 e. The summed E-state index contributed by atoms with van der Waals surface area (Å²) < 4.78 is 5.52. The van der Waals surface area contributed by atoms with E-state index in [1.807, 2.05) is 32.0 Å². The summed E-state index contributed by atoms with van der Waals surface area (Å²) in [7, 11) is 0. The summed E-state index contributed by atoms with van der Waals surface area (Å²) in [4.78, 5) is 14.2. The number of para-hydroxylation sites is 1. The highest BCUT2D eigenvalue weighted by Crippen LogP contribution is 2.22. The molecule has 0 saturated heterocycles. The highest BCUT2D eigenvalue weighted by Gasteiger charge is 2.13. The van der Waals surface area contributed by atoms with Gasteiger partial charge in [0.1, 0.15) is 5.75 Å². The van der Waals surface area contributed by atoms with Crippen molar-refractivity contribution in [2.24, 2.45) is 0 Å². The van der Waals surface area contributed by atoms with Crippen molar-refractivity contribution in [2.75, 3.05) is 19.6 Å². The molecule has 0 saturated carbocycles. The van der Waals surface area contributed by atoms with Crippen LogP contribution in [-0.4, -0.2) is 30.5 Å². The van der Waals surface area contributed by atoms with E-state index in [1.165, 1.54) is 0 Å². The van der Waals surface area contributed by atoms with Crippen LogP contribution in [0, 0.1) is 13.8 Å². The Hall–Kier alpha value is -1.35. The molecule has 1 aromatic rings. The van der Waals surface area contributed by atoms with Crippen LogP contribution in [0.3, 0.4) is 0 Å². The van der Waals surface area contributed by atoms with Gasteiger partial charge in [0.05, 0.1) is 6.54 Å². The molecule has 3 heteroatoms. The minimum absolute atomic E-state index is 0.167. The zero-order chi connectivity index (χ0) is 14.3. The van der Waals surface area contributed by atoms with Gasteiger partial charge in [-0.3, -0.25) is 9.69 Å². The van der Waals surface area contributed by atoms with E-state index in [9.17, 15) is 4.79 Å². The third kappa shape index (κ3) is 5.03. The van der Waals surface area contributed by atoms with Crippen LogP contribution in [0.5, 0.6) is 5.75 Å². The molecule has 0 radical (unpaired) electrons. The van der Waals surface area contributed by atoms with Gasteiger partial charge in [0.25, 0.3) is 0 Å². The number of esters is 1. The smallest absolute Gasteiger partial charge is 0.325 e. The molecule has 0 fully saturated rings. The molecule has 0 amide bonds. The molecule has 1 rings (SSSR count). The highest BCUT2D eigenvalue weighted by atomic mass is 16.5. The van der Waals surface area contributed by atoms with Crippen molar-refractivity contribution in [3.05, 3.63) is 29.3 Å². The van der Waals surface area contributed by atoms with Gasteiger partial charge in [-0.25, -0.2) is 0 Å². The van der Waals surface area contributed by atoms with Crippen LogP contribution in [0.2, 0.25) is 0 Å². The van der Waals surface area contributed by atoms with E-state index >= 15 is 0 Å². The summed E-state index contributed by atoms with van der Waals surface area (Å²) in [6.45, 7) is 10.4. The van der Waals surface area contributed by atoms with Crippen LogP contribution < -0.4 is 4.74 Å². The second-order valence-electron chi connectivity index (χ2n) is 4.97. The lowest BCUT2D eigenvalue weighted by Crippen LogP contribution is -2.33. The van der Waals surface area contributed by atoms with Crippen LogP contribution in [0.4, 0.5) is 0 Å². The standard InChI is InChI=1S/C16H25NO2/c1-5-10-17(11-6-2)12-15(18)19-16-13(3)8-7-9-14(16)4/h7-9H,5-6,10-12H2,1-4H3. The molecule has 0 heterocycles. The van der Waals surface area contributed by atoms with Crippen LogP contribution in [0.1, 0.15) is 37.8 Å². The van der Waals surface area contributed by atoms with Crippen molar-refractivity contribution in [3.63, 3.8) is 0 Å². The first-order valence-electron chi connectivity index (χ1n) is 7.07.